The molecule has 4 nitrogen and oxygen atoms in total. The van der Waals surface area contributed by atoms with Crippen molar-refractivity contribution in [1.82, 2.24) is 0 Å². The Morgan fingerprint density at radius 3 is 2.39 bits per heavy atom. The van der Waals surface area contributed by atoms with E-state index in [1.54, 1.807) is 14.2 Å². The van der Waals surface area contributed by atoms with Crippen molar-refractivity contribution in [2.24, 2.45) is 0 Å². The summed E-state index contributed by atoms with van der Waals surface area (Å²) in [6.07, 6.45) is 0. The fraction of sp³-hybridized carbons (Fsp3) is 0.217. The summed E-state index contributed by atoms with van der Waals surface area (Å²) in [6, 6.07) is 19.8. The standard InChI is InChI=1S/C23H24ClNO3/c1-16-6-4-7-17(12-16)15-28-23-18(8-5-9-22(23)27-3)14-25-19-10-11-21(26-2)20(24)13-19/h4-13,25H,14-15H2,1-3H3. The molecule has 0 aliphatic carbocycles. The van der Waals surface area contributed by atoms with Crippen LogP contribution in [-0.2, 0) is 13.2 Å². The molecule has 1 N–H and O–H groups in total. The van der Waals surface area contributed by atoms with Crippen molar-refractivity contribution in [3.05, 3.63) is 82.4 Å². The molecule has 3 aromatic carbocycles. The van der Waals surface area contributed by atoms with Gasteiger partial charge in [-0.3, -0.25) is 0 Å². The van der Waals surface area contributed by atoms with E-state index in [2.05, 4.69) is 30.4 Å². The number of hydrogen-bond donors (Lipinski definition) is 1. The smallest absolute Gasteiger partial charge is 0.166 e. The van der Waals surface area contributed by atoms with Crippen LogP contribution in [0.4, 0.5) is 5.69 Å². The van der Waals surface area contributed by atoms with Crippen LogP contribution in [0.1, 0.15) is 16.7 Å². The Morgan fingerprint density at radius 1 is 0.893 bits per heavy atom. The van der Waals surface area contributed by atoms with Crippen molar-refractivity contribution in [3.63, 3.8) is 0 Å². The van der Waals surface area contributed by atoms with Crippen LogP contribution in [0, 0.1) is 6.92 Å². The number of anilines is 1. The minimum atomic E-state index is 0.476. The van der Waals surface area contributed by atoms with Crippen LogP contribution in [-0.4, -0.2) is 14.2 Å². The van der Waals surface area contributed by atoms with E-state index in [1.165, 1.54) is 5.56 Å². The van der Waals surface area contributed by atoms with Crippen LogP contribution in [0.15, 0.2) is 60.7 Å². The Kier molecular flexibility index (Phi) is 6.66. The number of rotatable bonds is 8. The van der Waals surface area contributed by atoms with Gasteiger partial charge in [-0.15, -0.1) is 0 Å². The fourth-order valence-corrected chi connectivity index (χ4v) is 3.21. The zero-order valence-corrected chi connectivity index (χ0v) is 17.0. The third-order valence-electron chi connectivity index (χ3n) is 4.38. The molecule has 28 heavy (non-hydrogen) atoms. The van der Waals surface area contributed by atoms with Crippen LogP contribution in [0.2, 0.25) is 5.02 Å². The summed E-state index contributed by atoms with van der Waals surface area (Å²) in [6.45, 7) is 3.12. The largest absolute Gasteiger partial charge is 0.495 e. The third-order valence-corrected chi connectivity index (χ3v) is 4.68. The zero-order chi connectivity index (χ0) is 19.9. The monoisotopic (exact) mass is 397 g/mol. The van der Waals surface area contributed by atoms with E-state index in [9.17, 15) is 0 Å². The molecule has 0 amide bonds. The quantitative estimate of drug-likeness (QED) is 0.517. The Bertz CT molecular complexity index is 943. The SMILES string of the molecule is COc1ccc(NCc2cccc(OC)c2OCc2cccc(C)c2)cc1Cl. The molecule has 0 aliphatic heterocycles. The lowest BCUT2D eigenvalue weighted by molar-refractivity contribution is 0.281. The van der Waals surface area contributed by atoms with E-state index in [1.807, 2.05) is 42.5 Å². The van der Waals surface area contributed by atoms with Crippen LogP contribution in [0.3, 0.4) is 0 Å². The van der Waals surface area contributed by atoms with Gasteiger partial charge in [0.25, 0.3) is 0 Å². The van der Waals surface area contributed by atoms with Crippen molar-refractivity contribution in [1.29, 1.82) is 0 Å². The molecule has 0 heterocycles. The van der Waals surface area contributed by atoms with E-state index in [0.717, 1.165) is 22.6 Å². The number of halogens is 1. The predicted molar refractivity (Wildman–Crippen MR) is 114 cm³/mol. The van der Waals surface area contributed by atoms with Crippen LogP contribution >= 0.6 is 11.6 Å². The van der Waals surface area contributed by atoms with E-state index in [-0.39, 0.29) is 0 Å². The van der Waals surface area contributed by atoms with E-state index < -0.39 is 0 Å². The maximum atomic E-state index is 6.21. The number of nitrogens with one attached hydrogen (secondary N) is 1. The summed E-state index contributed by atoms with van der Waals surface area (Å²) in [7, 11) is 3.25. The number of ether oxygens (including phenoxy) is 3. The normalized spacial score (nSPS) is 10.4. The highest BCUT2D eigenvalue weighted by Gasteiger charge is 2.11. The van der Waals surface area contributed by atoms with Crippen molar-refractivity contribution in [3.8, 4) is 17.2 Å². The molecule has 0 atom stereocenters. The summed E-state index contributed by atoms with van der Waals surface area (Å²) in [4.78, 5) is 0. The van der Waals surface area contributed by atoms with Gasteiger partial charge >= 0.3 is 0 Å². The molecule has 3 aromatic rings. The lowest BCUT2D eigenvalue weighted by Gasteiger charge is -2.16. The highest BCUT2D eigenvalue weighted by atomic mass is 35.5. The molecule has 3 rings (SSSR count). The van der Waals surface area contributed by atoms with Gasteiger partial charge in [0.2, 0.25) is 0 Å². The Morgan fingerprint density at radius 2 is 1.68 bits per heavy atom. The van der Waals surface area contributed by atoms with Crippen molar-refractivity contribution in [2.75, 3.05) is 19.5 Å². The number of methoxy groups -OCH3 is 2. The van der Waals surface area contributed by atoms with E-state index in [4.69, 9.17) is 25.8 Å². The van der Waals surface area contributed by atoms with Crippen molar-refractivity contribution >= 4 is 17.3 Å². The first-order valence-corrected chi connectivity index (χ1v) is 9.40. The van der Waals surface area contributed by atoms with Crippen molar-refractivity contribution < 1.29 is 14.2 Å². The minimum absolute atomic E-state index is 0.476. The number of aryl methyl sites for hydroxylation is 1. The van der Waals surface area contributed by atoms with Gasteiger partial charge in [0.15, 0.2) is 11.5 Å². The van der Waals surface area contributed by atoms with Gasteiger partial charge in [-0.2, -0.15) is 0 Å². The molecule has 0 bridgehead atoms. The lowest BCUT2D eigenvalue weighted by atomic mass is 10.1. The van der Waals surface area contributed by atoms with Gasteiger partial charge in [0.05, 0.1) is 19.2 Å². The molecule has 0 aromatic heterocycles. The van der Waals surface area contributed by atoms with Gasteiger partial charge in [-0.05, 0) is 36.8 Å². The Labute approximate surface area is 171 Å². The third kappa shape index (κ3) is 4.90. The highest BCUT2D eigenvalue weighted by Crippen LogP contribution is 2.33. The second kappa shape index (κ2) is 9.38. The molecule has 0 radical (unpaired) electrons. The molecule has 0 unspecified atom stereocenters. The molecule has 0 fully saturated rings. The van der Waals surface area contributed by atoms with Crippen LogP contribution in [0.25, 0.3) is 0 Å². The highest BCUT2D eigenvalue weighted by molar-refractivity contribution is 6.32. The molecule has 146 valence electrons. The molecule has 0 aliphatic rings. The number of hydrogen-bond acceptors (Lipinski definition) is 4. The summed E-state index contributed by atoms with van der Waals surface area (Å²) >= 11 is 6.21. The number of benzene rings is 3. The molecule has 0 saturated carbocycles. The van der Waals surface area contributed by atoms with Crippen molar-refractivity contribution in [2.45, 2.75) is 20.1 Å². The Balaban J connectivity index is 1.76. The minimum Gasteiger partial charge on any atom is -0.495 e. The van der Waals surface area contributed by atoms with E-state index >= 15 is 0 Å². The first kappa shape index (κ1) is 19.9. The summed E-state index contributed by atoms with van der Waals surface area (Å²) in [5.41, 5.74) is 4.23. The maximum Gasteiger partial charge on any atom is 0.166 e. The lowest BCUT2D eigenvalue weighted by Crippen LogP contribution is -2.05. The molecule has 5 heteroatoms. The molecular weight excluding hydrogens is 374 g/mol. The molecule has 0 saturated heterocycles. The van der Waals surface area contributed by atoms with Crippen LogP contribution < -0.4 is 19.5 Å². The summed E-state index contributed by atoms with van der Waals surface area (Å²) in [5, 5.41) is 3.94. The van der Waals surface area contributed by atoms with Gasteiger partial charge in [-0.1, -0.05) is 53.6 Å². The second-order valence-electron chi connectivity index (χ2n) is 6.43. The Hall–Kier alpha value is -2.85. The average Bonchev–Trinajstić information content (AvgIpc) is 2.71. The average molecular weight is 398 g/mol. The van der Waals surface area contributed by atoms with Gasteiger partial charge < -0.3 is 19.5 Å². The van der Waals surface area contributed by atoms with Gasteiger partial charge in [0, 0.05) is 17.8 Å². The van der Waals surface area contributed by atoms with Gasteiger partial charge in [-0.25, -0.2) is 0 Å². The maximum absolute atomic E-state index is 6.21. The topological polar surface area (TPSA) is 39.7 Å². The van der Waals surface area contributed by atoms with Crippen LogP contribution in [0.5, 0.6) is 17.2 Å². The first-order valence-electron chi connectivity index (χ1n) is 9.02. The second-order valence-corrected chi connectivity index (χ2v) is 6.84. The first-order chi connectivity index (χ1) is 13.6. The fourth-order valence-electron chi connectivity index (χ4n) is 2.96. The van der Waals surface area contributed by atoms with E-state index in [0.29, 0.717) is 29.7 Å². The summed E-state index contributed by atoms with van der Waals surface area (Å²) in [5.74, 6) is 2.09. The molecule has 0 spiro atoms. The van der Waals surface area contributed by atoms with Gasteiger partial charge in [0.1, 0.15) is 12.4 Å². The predicted octanol–water partition coefficient (Wildman–Crippen LogP) is 5.86. The molecular formula is C23H24ClNO3. The summed E-state index contributed by atoms with van der Waals surface area (Å²) < 4.78 is 16.8. The zero-order valence-electron chi connectivity index (χ0n) is 16.3. The number of para-hydroxylation sites is 1.